The Hall–Kier alpha value is -1.66. The third-order valence-electron chi connectivity index (χ3n) is 2.07. The van der Waals surface area contributed by atoms with E-state index in [9.17, 15) is 28.1 Å². The zero-order chi connectivity index (χ0) is 16.2. The Balaban J connectivity index is 3.19. The highest BCUT2D eigenvalue weighted by Gasteiger charge is 2.33. The average Bonchev–Trinajstić information content (AvgIpc) is 2.30. The first-order chi connectivity index (χ1) is 9.64. The molecule has 0 aromatic carbocycles. The van der Waals surface area contributed by atoms with Gasteiger partial charge in [-0.1, -0.05) is 0 Å². The maximum absolute atomic E-state index is 12.1. The highest BCUT2D eigenvalue weighted by molar-refractivity contribution is 14.1. The summed E-state index contributed by atoms with van der Waals surface area (Å²) in [5, 5.41) is 10.9. The van der Waals surface area contributed by atoms with Crippen molar-refractivity contribution in [2.24, 2.45) is 0 Å². The monoisotopic (exact) mass is 420 g/mol. The summed E-state index contributed by atoms with van der Waals surface area (Å²) in [5.74, 6) is -1.71. The van der Waals surface area contributed by atoms with E-state index < -0.39 is 35.2 Å². The summed E-state index contributed by atoms with van der Waals surface area (Å²) >= 11 is 1.49. The predicted molar refractivity (Wildman–Crippen MR) is 70.6 cm³/mol. The van der Waals surface area contributed by atoms with E-state index in [2.05, 4.69) is 14.5 Å². The number of carbonyl (C=O) groups excluding carboxylic acids is 1. The standard InChI is InChI=1S/C10H8F3IN2O5/c1-2-20-8(17)3-5-6(16(18)19)4-7(15-9(5)14)21-10(11,12)13/h4H,2-3H2,1H3. The molecule has 0 unspecified atom stereocenters. The van der Waals surface area contributed by atoms with E-state index in [0.717, 1.165) is 0 Å². The number of aromatic nitrogens is 1. The smallest absolute Gasteiger partial charge is 0.466 e. The molecule has 0 radical (unpaired) electrons. The van der Waals surface area contributed by atoms with Gasteiger partial charge in [0.1, 0.15) is 3.70 Å². The lowest BCUT2D eigenvalue weighted by atomic mass is 10.2. The number of ether oxygens (including phenoxy) is 2. The Morgan fingerprint density at radius 2 is 2.14 bits per heavy atom. The molecule has 0 aliphatic carbocycles. The van der Waals surface area contributed by atoms with E-state index in [1.54, 1.807) is 6.92 Å². The molecule has 1 heterocycles. The van der Waals surface area contributed by atoms with Gasteiger partial charge < -0.3 is 9.47 Å². The number of hydrogen-bond acceptors (Lipinski definition) is 6. The predicted octanol–water partition coefficient (Wildman–Crippen LogP) is 2.60. The number of halogens is 4. The van der Waals surface area contributed by atoms with Gasteiger partial charge in [0.15, 0.2) is 0 Å². The maximum Gasteiger partial charge on any atom is 0.574 e. The first kappa shape index (κ1) is 17.4. The van der Waals surface area contributed by atoms with Crippen LogP contribution in [0.3, 0.4) is 0 Å². The molecule has 0 fully saturated rings. The molecule has 7 nitrogen and oxygen atoms in total. The van der Waals surface area contributed by atoms with E-state index in [1.807, 2.05) is 0 Å². The molecule has 116 valence electrons. The molecule has 0 bridgehead atoms. The lowest BCUT2D eigenvalue weighted by Crippen LogP contribution is -2.19. The van der Waals surface area contributed by atoms with E-state index >= 15 is 0 Å². The molecule has 11 heteroatoms. The molecule has 1 rings (SSSR count). The summed E-state index contributed by atoms with van der Waals surface area (Å²) < 4.78 is 44.4. The van der Waals surface area contributed by atoms with E-state index in [-0.39, 0.29) is 15.9 Å². The summed E-state index contributed by atoms with van der Waals surface area (Å²) in [6.07, 6.45) is -5.49. The van der Waals surface area contributed by atoms with Crippen LogP contribution in [-0.2, 0) is 16.0 Å². The van der Waals surface area contributed by atoms with E-state index in [0.29, 0.717) is 6.07 Å². The van der Waals surface area contributed by atoms with Crippen LogP contribution < -0.4 is 4.74 Å². The van der Waals surface area contributed by atoms with Gasteiger partial charge in [0.25, 0.3) is 5.69 Å². The molecular weight excluding hydrogens is 412 g/mol. The highest BCUT2D eigenvalue weighted by atomic mass is 127. The third kappa shape index (κ3) is 5.32. The SMILES string of the molecule is CCOC(=O)Cc1c([N+](=O)[O-])cc(OC(F)(F)F)nc1I. The first-order valence-electron chi connectivity index (χ1n) is 5.39. The fourth-order valence-corrected chi connectivity index (χ4v) is 2.06. The number of carbonyl (C=O) groups is 1. The van der Waals surface area contributed by atoms with Crippen LogP contribution in [0.5, 0.6) is 5.88 Å². The lowest BCUT2D eigenvalue weighted by molar-refractivity contribution is -0.385. The first-order valence-corrected chi connectivity index (χ1v) is 6.47. The minimum absolute atomic E-state index is 0.0753. The van der Waals surface area contributed by atoms with Crippen LogP contribution in [0.1, 0.15) is 12.5 Å². The van der Waals surface area contributed by atoms with Crippen molar-refractivity contribution in [3.05, 3.63) is 25.4 Å². The minimum Gasteiger partial charge on any atom is -0.466 e. The zero-order valence-electron chi connectivity index (χ0n) is 10.4. The molecule has 0 saturated heterocycles. The van der Waals surface area contributed by atoms with Crippen molar-refractivity contribution in [2.45, 2.75) is 19.7 Å². The van der Waals surface area contributed by atoms with Gasteiger partial charge in [-0.15, -0.1) is 13.2 Å². The molecule has 1 aromatic rings. The Morgan fingerprint density at radius 3 is 2.62 bits per heavy atom. The average molecular weight is 420 g/mol. The Morgan fingerprint density at radius 1 is 1.52 bits per heavy atom. The van der Waals surface area contributed by atoms with Crippen LogP contribution in [0.15, 0.2) is 6.07 Å². The number of pyridine rings is 1. The van der Waals surface area contributed by atoms with Crippen molar-refractivity contribution < 1.29 is 32.4 Å². The number of nitro groups is 1. The normalized spacial score (nSPS) is 11.1. The largest absolute Gasteiger partial charge is 0.574 e. The summed E-state index contributed by atoms with van der Waals surface area (Å²) in [6.45, 7) is 1.63. The highest BCUT2D eigenvalue weighted by Crippen LogP contribution is 2.30. The van der Waals surface area contributed by atoms with Gasteiger partial charge in [-0.25, -0.2) is 4.98 Å². The van der Waals surface area contributed by atoms with Gasteiger partial charge in [-0.3, -0.25) is 14.9 Å². The molecule has 1 aromatic heterocycles. The maximum atomic E-state index is 12.1. The van der Waals surface area contributed by atoms with Crippen LogP contribution in [0.25, 0.3) is 0 Å². The topological polar surface area (TPSA) is 91.6 Å². The zero-order valence-corrected chi connectivity index (χ0v) is 12.6. The Labute approximate surface area is 129 Å². The molecular formula is C10H8F3IN2O5. The van der Waals surface area contributed by atoms with Gasteiger partial charge in [0.05, 0.1) is 29.6 Å². The van der Waals surface area contributed by atoms with Gasteiger partial charge in [-0.2, -0.15) is 0 Å². The molecule has 0 spiro atoms. The number of rotatable bonds is 5. The number of alkyl halides is 3. The van der Waals surface area contributed by atoms with Crippen LogP contribution >= 0.6 is 22.6 Å². The number of nitrogens with zero attached hydrogens (tertiary/aromatic N) is 2. The summed E-state index contributed by atoms with van der Waals surface area (Å²) in [4.78, 5) is 24.8. The molecule has 0 amide bonds. The number of esters is 1. The molecule has 0 atom stereocenters. The van der Waals surface area contributed by atoms with Crippen molar-refractivity contribution >= 4 is 34.2 Å². The van der Waals surface area contributed by atoms with Crippen LogP contribution in [-0.4, -0.2) is 28.8 Å². The molecule has 21 heavy (non-hydrogen) atoms. The Kier molecular flexibility index (Phi) is 5.69. The van der Waals surface area contributed by atoms with Crippen molar-refractivity contribution in [1.29, 1.82) is 0 Å². The molecule has 0 N–H and O–H groups in total. The molecule has 0 aliphatic rings. The Bertz CT molecular complexity index is 564. The summed E-state index contributed by atoms with van der Waals surface area (Å²) in [7, 11) is 0. The van der Waals surface area contributed by atoms with Crippen LogP contribution in [0.4, 0.5) is 18.9 Å². The summed E-state index contributed by atoms with van der Waals surface area (Å²) in [5.41, 5.74) is -0.824. The fourth-order valence-electron chi connectivity index (χ4n) is 1.36. The lowest BCUT2D eigenvalue weighted by Gasteiger charge is -2.10. The van der Waals surface area contributed by atoms with Crippen LogP contribution in [0.2, 0.25) is 0 Å². The van der Waals surface area contributed by atoms with Gasteiger partial charge in [-0.05, 0) is 29.5 Å². The second-order valence-corrected chi connectivity index (χ2v) is 4.56. The van der Waals surface area contributed by atoms with Crippen LogP contribution in [0, 0.1) is 13.8 Å². The van der Waals surface area contributed by atoms with Crippen molar-refractivity contribution in [2.75, 3.05) is 6.61 Å². The molecule has 0 saturated carbocycles. The molecule has 0 aliphatic heterocycles. The fraction of sp³-hybridized carbons (Fsp3) is 0.400. The number of hydrogen-bond donors (Lipinski definition) is 0. The van der Waals surface area contributed by atoms with E-state index in [1.165, 1.54) is 22.6 Å². The van der Waals surface area contributed by atoms with Gasteiger partial charge in [0, 0.05) is 0 Å². The van der Waals surface area contributed by atoms with Crippen molar-refractivity contribution in [3.63, 3.8) is 0 Å². The van der Waals surface area contributed by atoms with Gasteiger partial charge in [0.2, 0.25) is 5.88 Å². The second kappa shape index (κ2) is 6.87. The third-order valence-corrected chi connectivity index (χ3v) is 2.96. The minimum atomic E-state index is -5.02. The van der Waals surface area contributed by atoms with Gasteiger partial charge >= 0.3 is 12.3 Å². The second-order valence-electron chi connectivity index (χ2n) is 3.54. The quantitative estimate of drug-likeness (QED) is 0.239. The summed E-state index contributed by atoms with van der Waals surface area (Å²) in [6, 6.07) is 0.518. The van der Waals surface area contributed by atoms with Crippen molar-refractivity contribution in [1.82, 2.24) is 4.98 Å². The van der Waals surface area contributed by atoms with Crippen molar-refractivity contribution in [3.8, 4) is 5.88 Å². The van der Waals surface area contributed by atoms with E-state index in [4.69, 9.17) is 0 Å².